The normalized spacial score (nSPS) is 10.1. The van der Waals surface area contributed by atoms with Gasteiger partial charge in [0, 0.05) is 5.02 Å². The van der Waals surface area contributed by atoms with Crippen molar-refractivity contribution in [1.29, 1.82) is 0 Å². The largest absolute Gasteiger partial charge is 0.504 e. The lowest BCUT2D eigenvalue weighted by molar-refractivity contribution is -0.385. The molecule has 1 aromatic carbocycles. The number of aromatic nitrogens is 1. The summed E-state index contributed by atoms with van der Waals surface area (Å²) in [5, 5.41) is 23.1. The molecule has 0 saturated heterocycles. The van der Waals surface area contributed by atoms with Crippen molar-refractivity contribution in [3.8, 4) is 5.75 Å². The number of pyridine rings is 1. The van der Waals surface area contributed by atoms with Gasteiger partial charge in [-0.05, 0) is 17.7 Å². The third-order valence-corrected chi connectivity index (χ3v) is 2.85. The van der Waals surface area contributed by atoms with Crippen LogP contribution in [-0.2, 0) is 11.2 Å². The van der Waals surface area contributed by atoms with E-state index in [1.807, 2.05) is 0 Å². The first-order valence-corrected chi connectivity index (χ1v) is 6.21. The van der Waals surface area contributed by atoms with Crippen LogP contribution in [0.5, 0.6) is 5.75 Å². The van der Waals surface area contributed by atoms with Crippen molar-refractivity contribution in [2.45, 2.75) is 6.42 Å². The summed E-state index contributed by atoms with van der Waals surface area (Å²) in [5.74, 6) is -0.998. The summed E-state index contributed by atoms with van der Waals surface area (Å²) >= 11 is 5.74. The van der Waals surface area contributed by atoms with Gasteiger partial charge in [0.1, 0.15) is 6.20 Å². The van der Waals surface area contributed by atoms with Crippen LogP contribution in [0.3, 0.4) is 0 Å². The lowest BCUT2D eigenvalue weighted by Crippen LogP contribution is -2.15. The van der Waals surface area contributed by atoms with Gasteiger partial charge >= 0.3 is 0 Å². The number of amides is 1. The highest BCUT2D eigenvalue weighted by atomic mass is 35.5. The average molecular weight is 308 g/mol. The highest BCUT2D eigenvalue weighted by Gasteiger charge is 2.13. The van der Waals surface area contributed by atoms with Crippen LogP contribution in [0.25, 0.3) is 0 Å². The molecule has 0 atom stereocenters. The number of nitrogens with zero attached hydrogens (tertiary/aromatic N) is 2. The third kappa shape index (κ3) is 3.90. The van der Waals surface area contributed by atoms with Gasteiger partial charge in [-0.15, -0.1) is 0 Å². The first-order chi connectivity index (χ1) is 9.95. The second-order valence-corrected chi connectivity index (χ2v) is 4.61. The molecule has 108 valence electrons. The van der Waals surface area contributed by atoms with E-state index in [0.29, 0.717) is 5.02 Å². The lowest BCUT2D eigenvalue weighted by Gasteiger charge is -2.06. The van der Waals surface area contributed by atoms with Gasteiger partial charge in [-0.3, -0.25) is 14.9 Å². The maximum Gasteiger partial charge on any atom is 0.291 e. The fraction of sp³-hybridized carbons (Fsp3) is 0.0769. The van der Waals surface area contributed by atoms with Crippen LogP contribution in [0, 0.1) is 10.1 Å². The van der Waals surface area contributed by atoms with Crippen molar-refractivity contribution in [2.75, 3.05) is 5.32 Å². The maximum atomic E-state index is 11.8. The molecule has 0 aliphatic heterocycles. The van der Waals surface area contributed by atoms with Crippen LogP contribution in [0.2, 0.25) is 5.02 Å². The Morgan fingerprint density at radius 2 is 2.05 bits per heavy atom. The lowest BCUT2D eigenvalue weighted by atomic mass is 10.1. The van der Waals surface area contributed by atoms with Gasteiger partial charge in [-0.25, -0.2) is 4.98 Å². The molecule has 0 aliphatic rings. The molecule has 0 radical (unpaired) electrons. The molecule has 2 rings (SSSR count). The predicted octanol–water partition coefficient (Wildman–Crippen LogP) is 2.53. The standard InChI is InChI=1S/C13H10ClN3O4/c14-9-3-1-8(2-4-9)5-12(19)16-13-11(18)6-10(7-15-13)17(20)21/h1-4,6-7,18H,5H2,(H,15,16,19). The molecule has 0 unspecified atom stereocenters. The molecule has 0 saturated carbocycles. The van der Waals surface area contributed by atoms with E-state index in [4.69, 9.17) is 11.6 Å². The molecule has 0 fully saturated rings. The van der Waals surface area contributed by atoms with Gasteiger partial charge in [-0.2, -0.15) is 0 Å². The third-order valence-electron chi connectivity index (χ3n) is 2.60. The number of carbonyl (C=O) groups excluding carboxylic acids is 1. The maximum absolute atomic E-state index is 11.8. The molecule has 1 aromatic heterocycles. The molecular weight excluding hydrogens is 298 g/mol. The monoisotopic (exact) mass is 307 g/mol. The van der Waals surface area contributed by atoms with Crippen LogP contribution in [0.4, 0.5) is 11.5 Å². The Labute approximate surface area is 124 Å². The Kier molecular flexibility index (Phi) is 4.34. The Morgan fingerprint density at radius 3 is 2.62 bits per heavy atom. The molecule has 2 N–H and O–H groups in total. The van der Waals surface area contributed by atoms with Gasteiger partial charge in [0.25, 0.3) is 5.69 Å². The average Bonchev–Trinajstić information content (AvgIpc) is 2.43. The minimum absolute atomic E-state index is 0.0648. The van der Waals surface area contributed by atoms with E-state index in [-0.39, 0.29) is 17.9 Å². The molecular formula is C13H10ClN3O4. The van der Waals surface area contributed by atoms with E-state index in [1.54, 1.807) is 24.3 Å². The summed E-state index contributed by atoms with van der Waals surface area (Å²) in [4.78, 5) is 25.3. The second kappa shape index (κ2) is 6.19. The quantitative estimate of drug-likeness (QED) is 0.667. The molecule has 2 aromatic rings. The van der Waals surface area contributed by atoms with Crippen LogP contribution in [0.1, 0.15) is 5.56 Å². The molecule has 0 bridgehead atoms. The molecule has 1 heterocycles. The van der Waals surface area contributed by atoms with Crippen LogP contribution in [0.15, 0.2) is 36.5 Å². The fourth-order valence-corrected chi connectivity index (χ4v) is 1.73. The second-order valence-electron chi connectivity index (χ2n) is 4.17. The minimum atomic E-state index is -0.688. The van der Waals surface area contributed by atoms with E-state index < -0.39 is 16.6 Å². The number of rotatable bonds is 4. The van der Waals surface area contributed by atoms with E-state index in [1.165, 1.54) is 0 Å². The van der Waals surface area contributed by atoms with Gasteiger partial charge in [0.05, 0.1) is 17.4 Å². The van der Waals surface area contributed by atoms with Crippen molar-refractivity contribution in [2.24, 2.45) is 0 Å². The van der Waals surface area contributed by atoms with Gasteiger partial charge in [0.2, 0.25) is 5.91 Å². The number of halogens is 1. The first kappa shape index (κ1) is 14.7. The number of carbonyl (C=O) groups is 1. The van der Waals surface area contributed by atoms with Crippen molar-refractivity contribution >= 4 is 29.0 Å². The SMILES string of the molecule is O=C(Cc1ccc(Cl)cc1)Nc1ncc([N+](=O)[O-])cc1O. The Hall–Kier alpha value is -2.67. The zero-order chi connectivity index (χ0) is 15.4. The number of benzene rings is 1. The van der Waals surface area contributed by atoms with Crippen LogP contribution >= 0.6 is 11.6 Å². The molecule has 7 nitrogen and oxygen atoms in total. The summed E-state index contributed by atoms with van der Waals surface area (Å²) in [6.45, 7) is 0. The minimum Gasteiger partial charge on any atom is -0.504 e. The van der Waals surface area contributed by atoms with Gasteiger partial charge < -0.3 is 10.4 Å². The summed E-state index contributed by atoms with van der Waals surface area (Å²) in [7, 11) is 0. The Bertz CT molecular complexity index is 688. The van der Waals surface area contributed by atoms with E-state index >= 15 is 0 Å². The summed E-state index contributed by atoms with van der Waals surface area (Å²) in [6.07, 6.45) is 1.02. The van der Waals surface area contributed by atoms with E-state index in [0.717, 1.165) is 17.8 Å². The molecule has 1 amide bonds. The summed E-state index contributed by atoms with van der Waals surface area (Å²) < 4.78 is 0. The number of hydrogen-bond donors (Lipinski definition) is 2. The number of anilines is 1. The zero-order valence-corrected chi connectivity index (χ0v) is 11.4. The summed E-state index contributed by atoms with van der Waals surface area (Å²) in [5.41, 5.74) is 0.376. The molecule has 21 heavy (non-hydrogen) atoms. The predicted molar refractivity (Wildman–Crippen MR) is 76.3 cm³/mol. The summed E-state index contributed by atoms with van der Waals surface area (Å²) in [6, 6.07) is 7.64. The van der Waals surface area contributed by atoms with Crippen molar-refractivity contribution < 1.29 is 14.8 Å². The van der Waals surface area contributed by atoms with Gasteiger partial charge in [0.15, 0.2) is 11.6 Å². The fourth-order valence-electron chi connectivity index (χ4n) is 1.60. The Balaban J connectivity index is 2.06. The number of hydrogen-bond acceptors (Lipinski definition) is 5. The number of aromatic hydroxyl groups is 1. The van der Waals surface area contributed by atoms with Crippen LogP contribution in [-0.4, -0.2) is 20.9 Å². The molecule has 8 heteroatoms. The molecule has 0 aliphatic carbocycles. The number of nitro groups is 1. The van der Waals surface area contributed by atoms with Crippen LogP contribution < -0.4 is 5.32 Å². The van der Waals surface area contributed by atoms with E-state index in [9.17, 15) is 20.0 Å². The van der Waals surface area contributed by atoms with Crippen molar-refractivity contribution in [3.05, 3.63) is 57.2 Å². The highest BCUT2D eigenvalue weighted by Crippen LogP contribution is 2.25. The topological polar surface area (TPSA) is 105 Å². The first-order valence-electron chi connectivity index (χ1n) is 5.83. The highest BCUT2D eigenvalue weighted by molar-refractivity contribution is 6.30. The smallest absolute Gasteiger partial charge is 0.291 e. The Morgan fingerprint density at radius 1 is 1.38 bits per heavy atom. The number of nitrogens with one attached hydrogen (secondary N) is 1. The zero-order valence-electron chi connectivity index (χ0n) is 10.6. The molecule has 0 spiro atoms. The van der Waals surface area contributed by atoms with E-state index in [2.05, 4.69) is 10.3 Å². The van der Waals surface area contributed by atoms with Crippen molar-refractivity contribution in [1.82, 2.24) is 4.98 Å². The van der Waals surface area contributed by atoms with Gasteiger partial charge in [-0.1, -0.05) is 23.7 Å². The van der Waals surface area contributed by atoms with Crippen molar-refractivity contribution in [3.63, 3.8) is 0 Å².